The highest BCUT2D eigenvalue weighted by molar-refractivity contribution is 7.26. The van der Waals surface area contributed by atoms with E-state index in [4.69, 9.17) is 0 Å². The van der Waals surface area contributed by atoms with E-state index in [-0.39, 0.29) is 10.8 Å². The Bertz CT molecular complexity index is 2880. The molecule has 0 unspecified atom stereocenters. The highest BCUT2D eigenvalue weighted by Crippen LogP contribution is 2.56. The maximum Gasteiger partial charge on any atom is 0.0543 e. The number of anilines is 3. The Hall–Kier alpha value is -5.44. The predicted molar refractivity (Wildman–Crippen MR) is 215 cm³/mol. The molecule has 0 saturated carbocycles. The van der Waals surface area contributed by atoms with Crippen molar-refractivity contribution < 1.29 is 0 Å². The molecule has 238 valence electrons. The lowest BCUT2D eigenvalue weighted by molar-refractivity contribution is 0.660. The topological polar surface area (TPSA) is 3.24 Å². The first-order valence-electron chi connectivity index (χ1n) is 17.7. The van der Waals surface area contributed by atoms with Crippen LogP contribution in [0, 0.1) is 0 Å². The summed E-state index contributed by atoms with van der Waals surface area (Å²) in [5, 5.41) is 8.09. The summed E-state index contributed by atoms with van der Waals surface area (Å²) in [5.41, 5.74) is 14.3. The zero-order valence-corrected chi connectivity index (χ0v) is 29.5. The van der Waals surface area contributed by atoms with E-state index in [1.165, 1.54) is 103 Å². The number of rotatable bonds is 3. The molecule has 9 aromatic rings. The summed E-state index contributed by atoms with van der Waals surface area (Å²) in [6, 6.07) is 52.9. The molecule has 0 amide bonds. The highest BCUT2D eigenvalue weighted by Gasteiger charge is 2.39. The fourth-order valence-corrected chi connectivity index (χ4v) is 10.8. The van der Waals surface area contributed by atoms with E-state index in [2.05, 4.69) is 172 Å². The van der Waals surface area contributed by atoms with E-state index in [0.717, 1.165) is 0 Å². The van der Waals surface area contributed by atoms with E-state index in [1.807, 2.05) is 11.3 Å². The van der Waals surface area contributed by atoms with Gasteiger partial charge in [-0.2, -0.15) is 0 Å². The average Bonchev–Trinajstić information content (AvgIpc) is 3.72. The fraction of sp³-hybridized carbons (Fsp3) is 0.125. The Morgan fingerprint density at radius 3 is 1.74 bits per heavy atom. The molecule has 0 bridgehead atoms. The van der Waals surface area contributed by atoms with Crippen LogP contribution in [0.1, 0.15) is 49.9 Å². The Kier molecular flexibility index (Phi) is 5.47. The molecule has 0 fully saturated rings. The van der Waals surface area contributed by atoms with Crippen molar-refractivity contribution in [1.29, 1.82) is 0 Å². The molecule has 1 nitrogen and oxygen atoms in total. The predicted octanol–water partition coefficient (Wildman–Crippen LogP) is 13.9. The first-order chi connectivity index (χ1) is 24.3. The lowest BCUT2D eigenvalue weighted by atomic mass is 9.82. The number of hydrogen-bond donors (Lipinski definition) is 0. The van der Waals surface area contributed by atoms with Gasteiger partial charge in [0.1, 0.15) is 0 Å². The van der Waals surface area contributed by atoms with Gasteiger partial charge in [0.15, 0.2) is 0 Å². The van der Waals surface area contributed by atoms with Gasteiger partial charge in [-0.15, -0.1) is 11.3 Å². The molecule has 0 aliphatic heterocycles. The van der Waals surface area contributed by atoms with Crippen molar-refractivity contribution in [1.82, 2.24) is 0 Å². The van der Waals surface area contributed by atoms with Gasteiger partial charge in [0.25, 0.3) is 0 Å². The minimum atomic E-state index is -0.0969. The van der Waals surface area contributed by atoms with Crippen LogP contribution in [-0.4, -0.2) is 0 Å². The standard InChI is InChI=1S/C48H35NS/c1-47(2)38-17-8-6-13-35(38)44-39(47)18-11-19-41(44)49(29-23-25-32-31-12-5-7-16-37(31)48(3,4)40(32)27-29)28-22-24-30-33-14-9-20-42-45(33)46-34(36(30)26-28)15-10-21-43(46)50-42/h5-27H,1-4H3. The van der Waals surface area contributed by atoms with Crippen LogP contribution in [0.5, 0.6) is 0 Å². The zero-order valence-electron chi connectivity index (χ0n) is 28.6. The monoisotopic (exact) mass is 657 g/mol. The van der Waals surface area contributed by atoms with Crippen LogP contribution in [0.2, 0.25) is 0 Å². The molecule has 2 heteroatoms. The molecule has 0 saturated heterocycles. The molecule has 1 heterocycles. The summed E-state index contributed by atoms with van der Waals surface area (Å²) in [7, 11) is 0. The smallest absolute Gasteiger partial charge is 0.0543 e. The number of nitrogens with zero attached hydrogens (tertiary/aromatic N) is 1. The van der Waals surface area contributed by atoms with Crippen molar-refractivity contribution in [2.24, 2.45) is 0 Å². The SMILES string of the molecule is CC1(C)c2ccccc2-c2ccc(N(c3ccc4c(c3)c3cccc5sc6cccc4c6c53)c3cccc4c3-c3ccccc3C4(C)C)cc21. The van der Waals surface area contributed by atoms with Crippen LogP contribution >= 0.6 is 11.3 Å². The maximum atomic E-state index is 2.54. The van der Waals surface area contributed by atoms with E-state index >= 15 is 0 Å². The second-order valence-electron chi connectivity index (χ2n) is 15.3. The van der Waals surface area contributed by atoms with Crippen LogP contribution < -0.4 is 4.90 Å². The van der Waals surface area contributed by atoms with E-state index < -0.39 is 0 Å². The number of fused-ring (bicyclic) bond motifs is 9. The van der Waals surface area contributed by atoms with E-state index in [9.17, 15) is 0 Å². The normalized spacial score (nSPS) is 15.1. The van der Waals surface area contributed by atoms with E-state index in [1.54, 1.807) is 0 Å². The summed E-state index contributed by atoms with van der Waals surface area (Å²) in [5.74, 6) is 0. The minimum absolute atomic E-state index is 0.0886. The fourth-order valence-electron chi connectivity index (χ4n) is 9.62. The average molecular weight is 658 g/mol. The molecule has 8 aromatic carbocycles. The van der Waals surface area contributed by atoms with Crippen molar-refractivity contribution in [3.8, 4) is 22.3 Å². The Morgan fingerprint density at radius 2 is 0.980 bits per heavy atom. The highest BCUT2D eigenvalue weighted by atomic mass is 32.1. The molecule has 50 heavy (non-hydrogen) atoms. The molecule has 0 atom stereocenters. The van der Waals surface area contributed by atoms with Gasteiger partial charge in [0, 0.05) is 47.9 Å². The molecule has 2 aliphatic carbocycles. The second-order valence-corrected chi connectivity index (χ2v) is 16.4. The lowest BCUT2D eigenvalue weighted by Gasteiger charge is -2.30. The molecule has 11 rings (SSSR count). The summed E-state index contributed by atoms with van der Waals surface area (Å²) in [6.07, 6.45) is 0. The minimum Gasteiger partial charge on any atom is -0.310 e. The van der Waals surface area contributed by atoms with Crippen LogP contribution in [0.3, 0.4) is 0 Å². The van der Waals surface area contributed by atoms with Crippen molar-refractivity contribution in [2.75, 3.05) is 4.90 Å². The number of hydrogen-bond acceptors (Lipinski definition) is 2. The molecular formula is C48H35NS. The Morgan fingerprint density at radius 1 is 0.420 bits per heavy atom. The molecule has 0 radical (unpaired) electrons. The Labute approximate surface area is 296 Å². The van der Waals surface area contributed by atoms with Gasteiger partial charge in [-0.3, -0.25) is 0 Å². The van der Waals surface area contributed by atoms with Gasteiger partial charge in [-0.1, -0.05) is 125 Å². The van der Waals surface area contributed by atoms with Crippen LogP contribution in [0.15, 0.2) is 140 Å². The molecule has 0 spiro atoms. The van der Waals surface area contributed by atoms with Gasteiger partial charge < -0.3 is 4.90 Å². The summed E-state index contributed by atoms with van der Waals surface area (Å²) in [4.78, 5) is 2.54. The third-order valence-electron chi connectivity index (χ3n) is 12.0. The first-order valence-corrected chi connectivity index (χ1v) is 18.5. The van der Waals surface area contributed by atoms with Gasteiger partial charge in [0.05, 0.1) is 5.69 Å². The zero-order chi connectivity index (χ0) is 33.5. The van der Waals surface area contributed by atoms with Gasteiger partial charge in [-0.25, -0.2) is 0 Å². The molecule has 2 aliphatic rings. The maximum absolute atomic E-state index is 2.54. The number of thiophene rings is 1. The summed E-state index contributed by atoms with van der Waals surface area (Å²) >= 11 is 1.91. The van der Waals surface area contributed by atoms with Gasteiger partial charge >= 0.3 is 0 Å². The van der Waals surface area contributed by atoms with E-state index in [0.29, 0.717) is 0 Å². The van der Waals surface area contributed by atoms with Gasteiger partial charge in [-0.05, 0) is 103 Å². The largest absolute Gasteiger partial charge is 0.310 e. The van der Waals surface area contributed by atoms with Crippen LogP contribution in [0.4, 0.5) is 17.1 Å². The van der Waals surface area contributed by atoms with Crippen molar-refractivity contribution in [3.05, 3.63) is 162 Å². The van der Waals surface area contributed by atoms with Crippen LogP contribution in [-0.2, 0) is 10.8 Å². The second kappa shape index (κ2) is 9.62. The molecule has 0 N–H and O–H groups in total. The Balaban J connectivity index is 1.22. The molecule has 1 aromatic heterocycles. The number of benzene rings is 8. The van der Waals surface area contributed by atoms with Crippen molar-refractivity contribution >= 4 is 70.1 Å². The lowest BCUT2D eigenvalue weighted by Crippen LogP contribution is -2.17. The summed E-state index contributed by atoms with van der Waals surface area (Å²) in [6.45, 7) is 9.51. The van der Waals surface area contributed by atoms with Crippen LogP contribution in [0.25, 0.3) is 64.0 Å². The van der Waals surface area contributed by atoms with Crippen molar-refractivity contribution in [2.45, 2.75) is 38.5 Å². The third-order valence-corrected chi connectivity index (χ3v) is 13.1. The van der Waals surface area contributed by atoms with Gasteiger partial charge in [0.2, 0.25) is 0 Å². The first kappa shape index (κ1) is 28.4. The summed E-state index contributed by atoms with van der Waals surface area (Å²) < 4.78 is 2.72. The third kappa shape index (κ3) is 3.52. The van der Waals surface area contributed by atoms with Crippen molar-refractivity contribution in [3.63, 3.8) is 0 Å². The quantitative estimate of drug-likeness (QED) is 0.171. The molecular weight excluding hydrogens is 623 g/mol.